The first-order valence-corrected chi connectivity index (χ1v) is 6.77. The molecule has 1 unspecified atom stereocenters. The fraction of sp³-hybridized carbons (Fsp3) is 0.333. The smallest absolute Gasteiger partial charge is 0.422 e. The zero-order valence-corrected chi connectivity index (χ0v) is 12.2. The quantitative estimate of drug-likeness (QED) is 0.902. The van der Waals surface area contributed by atoms with Gasteiger partial charge < -0.3 is 14.7 Å². The summed E-state index contributed by atoms with van der Waals surface area (Å²) >= 11 is 0. The summed E-state index contributed by atoms with van der Waals surface area (Å²) in [5.74, 6) is -0.946. The van der Waals surface area contributed by atoms with E-state index in [0.29, 0.717) is 0 Å². The molecule has 23 heavy (non-hydrogen) atoms. The topological polar surface area (TPSA) is 62.1 Å². The van der Waals surface area contributed by atoms with E-state index in [1.807, 2.05) is 11.8 Å². The monoisotopic (exact) mass is 328 g/mol. The molecule has 2 rings (SSSR count). The van der Waals surface area contributed by atoms with Gasteiger partial charge in [0.1, 0.15) is 18.1 Å². The molecule has 0 amide bonds. The van der Waals surface area contributed by atoms with Crippen molar-refractivity contribution in [2.75, 3.05) is 13.3 Å². The van der Waals surface area contributed by atoms with Crippen LogP contribution in [0.3, 0.4) is 0 Å². The van der Waals surface area contributed by atoms with Gasteiger partial charge in [-0.2, -0.15) is 13.2 Å². The first-order valence-electron chi connectivity index (χ1n) is 6.77. The number of aliphatic imine (C=N–C) groups is 1. The summed E-state index contributed by atoms with van der Waals surface area (Å²) in [4.78, 5) is 16.5. The van der Waals surface area contributed by atoms with Gasteiger partial charge in [0.2, 0.25) is 0 Å². The second-order valence-electron chi connectivity index (χ2n) is 4.97. The van der Waals surface area contributed by atoms with Crippen LogP contribution in [0, 0.1) is 0 Å². The first-order chi connectivity index (χ1) is 10.8. The van der Waals surface area contributed by atoms with Gasteiger partial charge in [-0.15, -0.1) is 0 Å². The zero-order valence-electron chi connectivity index (χ0n) is 12.2. The van der Waals surface area contributed by atoms with E-state index in [1.54, 1.807) is 18.3 Å². The van der Waals surface area contributed by atoms with E-state index in [9.17, 15) is 18.0 Å². The lowest BCUT2D eigenvalue weighted by Crippen LogP contribution is -2.27. The number of benzene rings is 1. The molecule has 1 aromatic carbocycles. The molecule has 5 nitrogen and oxygen atoms in total. The van der Waals surface area contributed by atoms with E-state index in [0.717, 1.165) is 5.56 Å². The SMILES string of the molecule is CC(c1ccc(OCC(F)(F)F)cc1)N1C=CC(C(=O)O)=NC1. The van der Waals surface area contributed by atoms with Gasteiger partial charge in [-0.25, -0.2) is 4.79 Å². The van der Waals surface area contributed by atoms with Gasteiger partial charge in [-0.3, -0.25) is 4.99 Å². The average Bonchev–Trinajstić information content (AvgIpc) is 2.52. The third kappa shape index (κ3) is 4.73. The Balaban J connectivity index is 1.97. The van der Waals surface area contributed by atoms with Crippen LogP contribution in [0.5, 0.6) is 5.75 Å². The molecule has 1 aromatic rings. The first kappa shape index (κ1) is 16.9. The minimum Gasteiger partial charge on any atom is -0.484 e. The summed E-state index contributed by atoms with van der Waals surface area (Å²) < 4.78 is 40.9. The molecule has 0 bridgehead atoms. The van der Waals surface area contributed by atoms with Crippen molar-refractivity contribution in [3.05, 3.63) is 42.1 Å². The maximum absolute atomic E-state index is 12.1. The lowest BCUT2D eigenvalue weighted by Gasteiger charge is -2.28. The molecule has 1 aliphatic rings. The fourth-order valence-corrected chi connectivity index (χ4v) is 2.01. The van der Waals surface area contributed by atoms with E-state index in [-0.39, 0.29) is 24.2 Å². The minimum atomic E-state index is -4.37. The van der Waals surface area contributed by atoms with Gasteiger partial charge in [0, 0.05) is 6.20 Å². The van der Waals surface area contributed by atoms with Crippen LogP contribution in [0.1, 0.15) is 18.5 Å². The van der Waals surface area contributed by atoms with Gasteiger partial charge in [0.25, 0.3) is 0 Å². The van der Waals surface area contributed by atoms with E-state index in [4.69, 9.17) is 5.11 Å². The number of carbonyl (C=O) groups is 1. The third-order valence-corrected chi connectivity index (χ3v) is 3.31. The van der Waals surface area contributed by atoms with Gasteiger partial charge >= 0.3 is 12.1 Å². The van der Waals surface area contributed by atoms with Crippen molar-refractivity contribution in [2.45, 2.75) is 19.1 Å². The zero-order chi connectivity index (χ0) is 17.0. The Morgan fingerprint density at radius 3 is 2.52 bits per heavy atom. The molecule has 124 valence electrons. The van der Waals surface area contributed by atoms with Crippen molar-refractivity contribution in [3.8, 4) is 5.75 Å². The molecular weight excluding hydrogens is 313 g/mol. The fourth-order valence-electron chi connectivity index (χ4n) is 2.01. The average molecular weight is 328 g/mol. The highest BCUT2D eigenvalue weighted by atomic mass is 19.4. The lowest BCUT2D eigenvalue weighted by molar-refractivity contribution is -0.153. The van der Waals surface area contributed by atoms with Crippen LogP contribution < -0.4 is 4.74 Å². The Morgan fingerprint density at radius 2 is 2.04 bits per heavy atom. The molecule has 8 heteroatoms. The maximum atomic E-state index is 12.1. The van der Waals surface area contributed by atoms with Crippen molar-refractivity contribution in [1.29, 1.82) is 0 Å². The Kier molecular flexibility index (Phi) is 4.92. The largest absolute Gasteiger partial charge is 0.484 e. The summed E-state index contributed by atoms with van der Waals surface area (Å²) in [6, 6.07) is 6.16. The number of aliphatic carboxylic acids is 1. The molecule has 1 heterocycles. The predicted molar refractivity (Wildman–Crippen MR) is 77.3 cm³/mol. The van der Waals surface area contributed by atoms with Crippen molar-refractivity contribution in [3.63, 3.8) is 0 Å². The summed E-state index contributed by atoms with van der Waals surface area (Å²) in [5, 5.41) is 8.82. The number of hydrogen-bond donors (Lipinski definition) is 1. The number of rotatable bonds is 5. The van der Waals surface area contributed by atoms with Crippen molar-refractivity contribution in [2.24, 2.45) is 4.99 Å². The number of carboxylic acid groups (broad SMARTS) is 1. The number of hydrogen-bond acceptors (Lipinski definition) is 4. The van der Waals surface area contributed by atoms with Gasteiger partial charge in [0.05, 0.1) is 6.04 Å². The molecule has 0 fully saturated rings. The molecule has 0 aromatic heterocycles. The molecule has 1 N–H and O–H groups in total. The third-order valence-electron chi connectivity index (χ3n) is 3.31. The minimum absolute atomic E-state index is 0.00986. The van der Waals surface area contributed by atoms with Crippen molar-refractivity contribution >= 4 is 11.7 Å². The van der Waals surface area contributed by atoms with E-state index in [1.165, 1.54) is 18.2 Å². The lowest BCUT2D eigenvalue weighted by atomic mass is 10.1. The van der Waals surface area contributed by atoms with Crippen LogP contribution in [0.15, 0.2) is 41.5 Å². The maximum Gasteiger partial charge on any atom is 0.422 e. The standard InChI is InChI=1S/C15H15F3N2O3/c1-10(20-7-6-13(14(21)22)19-9-20)11-2-4-12(5-3-11)23-8-15(16,17)18/h2-7,10H,8-9H2,1H3,(H,21,22). The Hall–Kier alpha value is -2.51. The van der Waals surface area contributed by atoms with Crippen molar-refractivity contribution < 1.29 is 27.8 Å². The van der Waals surface area contributed by atoms with Gasteiger partial charge in [-0.05, 0) is 30.7 Å². The van der Waals surface area contributed by atoms with Crippen LogP contribution in [-0.4, -0.2) is 41.1 Å². The predicted octanol–water partition coefficient (Wildman–Crippen LogP) is 3.00. The second-order valence-corrected chi connectivity index (χ2v) is 4.97. The number of carboxylic acids is 1. The highest BCUT2D eigenvalue weighted by molar-refractivity contribution is 6.40. The van der Waals surface area contributed by atoms with Gasteiger partial charge in [-0.1, -0.05) is 12.1 Å². The van der Waals surface area contributed by atoms with E-state index < -0.39 is 18.8 Å². The summed E-state index contributed by atoms with van der Waals surface area (Å²) in [5.41, 5.74) is 0.840. The Labute approximate surface area is 130 Å². The number of alkyl halides is 3. The second kappa shape index (κ2) is 6.72. The highest BCUT2D eigenvalue weighted by Gasteiger charge is 2.28. The van der Waals surface area contributed by atoms with Crippen LogP contribution in [-0.2, 0) is 4.79 Å². The molecule has 0 spiro atoms. The summed E-state index contributed by atoms with van der Waals surface area (Å²) in [7, 11) is 0. The molecular formula is C15H15F3N2O3. The molecule has 0 aliphatic carbocycles. The Bertz CT molecular complexity index is 624. The van der Waals surface area contributed by atoms with E-state index in [2.05, 4.69) is 9.73 Å². The molecule has 0 radical (unpaired) electrons. The van der Waals surface area contributed by atoms with Gasteiger partial charge in [0.15, 0.2) is 6.61 Å². The van der Waals surface area contributed by atoms with Crippen LogP contribution >= 0.6 is 0 Å². The normalized spacial score (nSPS) is 16.0. The van der Waals surface area contributed by atoms with Crippen LogP contribution in [0.25, 0.3) is 0 Å². The summed E-state index contributed by atoms with van der Waals surface area (Å²) in [6.07, 6.45) is -1.33. The molecule has 1 atom stereocenters. The Morgan fingerprint density at radius 1 is 1.39 bits per heavy atom. The number of nitrogens with zero attached hydrogens (tertiary/aromatic N) is 2. The highest BCUT2D eigenvalue weighted by Crippen LogP contribution is 2.25. The van der Waals surface area contributed by atoms with E-state index >= 15 is 0 Å². The number of ether oxygens (including phenoxy) is 1. The molecule has 1 aliphatic heterocycles. The summed E-state index contributed by atoms with van der Waals surface area (Å²) in [6.45, 7) is 0.756. The number of halogens is 3. The molecule has 0 saturated carbocycles. The molecule has 0 saturated heterocycles. The van der Waals surface area contributed by atoms with Crippen LogP contribution in [0.4, 0.5) is 13.2 Å². The van der Waals surface area contributed by atoms with Crippen molar-refractivity contribution in [1.82, 2.24) is 4.90 Å². The van der Waals surface area contributed by atoms with Crippen LogP contribution in [0.2, 0.25) is 0 Å².